The summed E-state index contributed by atoms with van der Waals surface area (Å²) >= 11 is 0. The monoisotopic (exact) mass is 374 g/mol. The van der Waals surface area contributed by atoms with E-state index in [-0.39, 0.29) is 5.91 Å². The second kappa shape index (κ2) is 9.18. The van der Waals surface area contributed by atoms with Crippen LogP contribution in [0.15, 0.2) is 72.9 Å². The van der Waals surface area contributed by atoms with Crippen LogP contribution in [0, 0.1) is 0 Å². The Labute approximate surface area is 166 Å². The molecule has 1 amide bonds. The number of nitrogens with zero attached hydrogens (tertiary/aromatic N) is 2. The van der Waals surface area contributed by atoms with E-state index in [9.17, 15) is 4.79 Å². The Morgan fingerprint density at radius 3 is 2.36 bits per heavy atom. The van der Waals surface area contributed by atoms with Gasteiger partial charge in [-0.1, -0.05) is 56.3 Å². The fraction of sp³-hybridized carbons (Fsp3) is 0.250. The minimum Gasteiger partial charge on any atom is -0.493 e. The van der Waals surface area contributed by atoms with Gasteiger partial charge < -0.3 is 4.74 Å². The Balaban J connectivity index is 1.95. The number of amides is 1. The lowest BCUT2D eigenvalue weighted by Crippen LogP contribution is -2.31. The third kappa shape index (κ3) is 4.58. The summed E-state index contributed by atoms with van der Waals surface area (Å²) in [7, 11) is 0. The molecule has 0 spiro atoms. The first-order chi connectivity index (χ1) is 13.6. The summed E-state index contributed by atoms with van der Waals surface area (Å²) in [5.41, 5.74) is 2.87. The number of aromatic nitrogens is 1. The number of pyridine rings is 1. The maximum absolute atomic E-state index is 13.4. The van der Waals surface area contributed by atoms with Crippen LogP contribution < -0.4 is 9.64 Å². The SMILES string of the molecule is CCOc1ccccc1C(=O)N(Cc1ccc(C(C)C)cc1)c1ccccn1. The first kappa shape index (κ1) is 19.6. The van der Waals surface area contributed by atoms with E-state index in [0.717, 1.165) is 5.56 Å². The second-order valence-corrected chi connectivity index (χ2v) is 6.90. The van der Waals surface area contributed by atoms with E-state index in [0.29, 0.717) is 36.2 Å². The number of carbonyl (C=O) groups excluding carboxylic acids is 1. The summed E-state index contributed by atoms with van der Waals surface area (Å²) in [5, 5.41) is 0. The minimum absolute atomic E-state index is 0.129. The number of para-hydroxylation sites is 1. The molecule has 0 saturated carbocycles. The summed E-state index contributed by atoms with van der Waals surface area (Å²) in [6, 6.07) is 21.3. The van der Waals surface area contributed by atoms with Crippen LogP contribution in [0.4, 0.5) is 5.82 Å². The van der Waals surface area contributed by atoms with Crippen LogP contribution in [0.1, 0.15) is 48.2 Å². The highest BCUT2D eigenvalue weighted by atomic mass is 16.5. The first-order valence-electron chi connectivity index (χ1n) is 9.63. The van der Waals surface area contributed by atoms with Gasteiger partial charge in [-0.05, 0) is 48.2 Å². The second-order valence-electron chi connectivity index (χ2n) is 6.90. The van der Waals surface area contributed by atoms with Gasteiger partial charge in [0.2, 0.25) is 0 Å². The fourth-order valence-corrected chi connectivity index (χ4v) is 3.03. The van der Waals surface area contributed by atoms with Crippen molar-refractivity contribution in [1.29, 1.82) is 0 Å². The molecule has 0 N–H and O–H groups in total. The average molecular weight is 374 g/mol. The van der Waals surface area contributed by atoms with Crippen molar-refractivity contribution >= 4 is 11.7 Å². The van der Waals surface area contributed by atoms with Gasteiger partial charge in [0.25, 0.3) is 5.91 Å². The molecule has 2 aromatic carbocycles. The van der Waals surface area contributed by atoms with Gasteiger partial charge in [-0.2, -0.15) is 0 Å². The molecule has 144 valence electrons. The Hall–Kier alpha value is -3.14. The maximum Gasteiger partial charge on any atom is 0.263 e. The van der Waals surface area contributed by atoms with Crippen molar-refractivity contribution in [2.24, 2.45) is 0 Å². The predicted molar refractivity (Wildman–Crippen MR) is 113 cm³/mol. The molecule has 4 nitrogen and oxygen atoms in total. The van der Waals surface area contributed by atoms with Crippen LogP contribution in [-0.2, 0) is 6.54 Å². The molecule has 0 fully saturated rings. The van der Waals surface area contributed by atoms with Gasteiger partial charge in [-0.3, -0.25) is 9.69 Å². The van der Waals surface area contributed by atoms with Crippen molar-refractivity contribution < 1.29 is 9.53 Å². The molecule has 0 radical (unpaired) electrons. The molecule has 1 heterocycles. The van der Waals surface area contributed by atoms with Crippen molar-refractivity contribution in [2.45, 2.75) is 33.2 Å². The van der Waals surface area contributed by atoms with Gasteiger partial charge in [0.15, 0.2) is 0 Å². The molecular weight excluding hydrogens is 348 g/mol. The zero-order valence-corrected chi connectivity index (χ0v) is 16.6. The van der Waals surface area contributed by atoms with Gasteiger partial charge in [0, 0.05) is 6.20 Å². The van der Waals surface area contributed by atoms with Crippen molar-refractivity contribution in [2.75, 3.05) is 11.5 Å². The molecular formula is C24H26N2O2. The van der Waals surface area contributed by atoms with Gasteiger partial charge in [-0.15, -0.1) is 0 Å². The lowest BCUT2D eigenvalue weighted by molar-refractivity contribution is 0.0980. The summed E-state index contributed by atoms with van der Waals surface area (Å²) < 4.78 is 5.67. The normalized spacial score (nSPS) is 10.7. The van der Waals surface area contributed by atoms with Crippen LogP contribution in [0.5, 0.6) is 5.75 Å². The van der Waals surface area contributed by atoms with E-state index in [1.54, 1.807) is 17.2 Å². The molecule has 4 heteroatoms. The van der Waals surface area contributed by atoms with E-state index in [1.165, 1.54) is 5.56 Å². The molecule has 0 aliphatic carbocycles. The Kier molecular flexibility index (Phi) is 6.43. The number of hydrogen-bond acceptors (Lipinski definition) is 3. The molecule has 1 aromatic heterocycles. The molecule has 3 rings (SSSR count). The molecule has 28 heavy (non-hydrogen) atoms. The number of ether oxygens (including phenoxy) is 1. The fourth-order valence-electron chi connectivity index (χ4n) is 3.03. The van der Waals surface area contributed by atoms with Crippen LogP contribution in [0.2, 0.25) is 0 Å². The predicted octanol–water partition coefficient (Wildman–Crippen LogP) is 5.45. The van der Waals surface area contributed by atoms with Gasteiger partial charge >= 0.3 is 0 Å². The van der Waals surface area contributed by atoms with E-state index in [2.05, 4.69) is 43.1 Å². The average Bonchev–Trinajstić information content (AvgIpc) is 2.73. The number of benzene rings is 2. The van der Waals surface area contributed by atoms with Crippen LogP contribution in [0.25, 0.3) is 0 Å². The Bertz CT molecular complexity index is 905. The molecule has 0 aliphatic rings. The van der Waals surface area contributed by atoms with Crippen molar-refractivity contribution in [3.8, 4) is 5.75 Å². The van der Waals surface area contributed by atoms with Gasteiger partial charge in [0.05, 0.1) is 18.7 Å². The number of anilines is 1. The summed E-state index contributed by atoms with van der Waals surface area (Å²) in [6.45, 7) is 7.19. The van der Waals surface area contributed by atoms with Gasteiger partial charge in [-0.25, -0.2) is 4.98 Å². The molecule has 0 saturated heterocycles. The van der Waals surface area contributed by atoms with Crippen LogP contribution >= 0.6 is 0 Å². The summed E-state index contributed by atoms with van der Waals surface area (Å²) in [5.74, 6) is 1.55. The third-order valence-corrected chi connectivity index (χ3v) is 4.58. The lowest BCUT2D eigenvalue weighted by atomic mass is 10.0. The zero-order valence-electron chi connectivity index (χ0n) is 16.6. The van der Waals surface area contributed by atoms with E-state index in [4.69, 9.17) is 4.74 Å². The largest absolute Gasteiger partial charge is 0.493 e. The number of hydrogen-bond donors (Lipinski definition) is 0. The zero-order chi connectivity index (χ0) is 19.9. The first-order valence-corrected chi connectivity index (χ1v) is 9.63. The maximum atomic E-state index is 13.4. The van der Waals surface area contributed by atoms with Crippen LogP contribution in [-0.4, -0.2) is 17.5 Å². The molecule has 0 unspecified atom stereocenters. The Morgan fingerprint density at radius 1 is 1.00 bits per heavy atom. The smallest absolute Gasteiger partial charge is 0.263 e. The highest BCUT2D eigenvalue weighted by Gasteiger charge is 2.22. The molecule has 0 bridgehead atoms. The quantitative estimate of drug-likeness (QED) is 0.552. The van der Waals surface area contributed by atoms with E-state index in [1.807, 2.05) is 43.3 Å². The third-order valence-electron chi connectivity index (χ3n) is 4.58. The summed E-state index contributed by atoms with van der Waals surface area (Å²) in [6.07, 6.45) is 1.70. The number of carbonyl (C=O) groups is 1. The molecule has 0 atom stereocenters. The molecule has 3 aromatic rings. The molecule has 0 aliphatic heterocycles. The lowest BCUT2D eigenvalue weighted by Gasteiger charge is -2.23. The van der Waals surface area contributed by atoms with Crippen molar-refractivity contribution in [3.05, 3.63) is 89.6 Å². The van der Waals surface area contributed by atoms with Gasteiger partial charge in [0.1, 0.15) is 11.6 Å². The highest BCUT2D eigenvalue weighted by Crippen LogP contribution is 2.24. The van der Waals surface area contributed by atoms with E-state index >= 15 is 0 Å². The number of rotatable bonds is 7. The summed E-state index contributed by atoms with van der Waals surface area (Å²) in [4.78, 5) is 19.5. The minimum atomic E-state index is -0.129. The van der Waals surface area contributed by atoms with E-state index < -0.39 is 0 Å². The Morgan fingerprint density at radius 2 is 1.71 bits per heavy atom. The topological polar surface area (TPSA) is 42.4 Å². The highest BCUT2D eigenvalue weighted by molar-refractivity contribution is 6.07. The van der Waals surface area contributed by atoms with Crippen molar-refractivity contribution in [1.82, 2.24) is 4.98 Å². The standard InChI is InChI=1S/C24H26N2O2/c1-4-28-22-10-6-5-9-21(22)24(27)26(23-11-7-8-16-25-23)17-19-12-14-20(15-13-19)18(2)3/h5-16,18H,4,17H2,1-3H3. The van der Waals surface area contributed by atoms with Crippen molar-refractivity contribution in [3.63, 3.8) is 0 Å². The van der Waals surface area contributed by atoms with Crippen LogP contribution in [0.3, 0.4) is 0 Å².